The van der Waals surface area contributed by atoms with E-state index in [1.807, 2.05) is 32.0 Å². The molecule has 0 saturated carbocycles. The molecule has 2 unspecified atom stereocenters. The van der Waals surface area contributed by atoms with Gasteiger partial charge in [0.15, 0.2) is 0 Å². The summed E-state index contributed by atoms with van der Waals surface area (Å²) in [5.41, 5.74) is 1.42. The lowest BCUT2D eigenvalue weighted by molar-refractivity contribution is -0.137. The highest BCUT2D eigenvalue weighted by Crippen LogP contribution is 2.46. The number of hydrogen-bond acceptors (Lipinski definition) is 9. The van der Waals surface area contributed by atoms with Crippen LogP contribution in [-0.2, 0) is 28.3 Å². The third kappa shape index (κ3) is 4.47. The molecule has 12 heteroatoms. The minimum absolute atomic E-state index is 0.164. The van der Waals surface area contributed by atoms with Crippen LogP contribution < -0.4 is 5.32 Å². The van der Waals surface area contributed by atoms with E-state index in [1.54, 1.807) is 12.1 Å². The van der Waals surface area contributed by atoms with Gasteiger partial charge in [0.25, 0.3) is 5.91 Å². The normalized spacial score (nSPS) is 24.8. The van der Waals surface area contributed by atoms with E-state index in [0.29, 0.717) is 59.4 Å². The van der Waals surface area contributed by atoms with Crippen molar-refractivity contribution < 1.29 is 24.0 Å². The topological polar surface area (TPSA) is 142 Å². The van der Waals surface area contributed by atoms with Crippen molar-refractivity contribution in [1.29, 1.82) is 0 Å². The Kier molecular flexibility index (Phi) is 6.47. The highest BCUT2D eigenvalue weighted by Gasteiger charge is 2.50. The number of nitrogens with zero attached hydrogens (tertiary/aromatic N) is 5. The Morgan fingerprint density at radius 2 is 1.98 bits per heavy atom. The van der Waals surface area contributed by atoms with Gasteiger partial charge in [-0.15, -0.1) is 0 Å². The fraction of sp³-hybridized carbons (Fsp3) is 0.429. The highest BCUT2D eigenvalue weighted by atomic mass is 35.5. The summed E-state index contributed by atoms with van der Waals surface area (Å²) in [7, 11) is 0. The molecule has 0 bridgehead atoms. The Bertz CT molecular complexity index is 1510. The second-order valence-electron chi connectivity index (χ2n) is 11.4. The zero-order chi connectivity index (χ0) is 28.2. The van der Waals surface area contributed by atoms with Crippen molar-refractivity contribution in [3.8, 4) is 11.4 Å². The zero-order valence-corrected chi connectivity index (χ0v) is 22.9. The zero-order valence-electron chi connectivity index (χ0n) is 22.2. The average molecular weight is 565 g/mol. The van der Waals surface area contributed by atoms with Crippen LogP contribution in [0.4, 0.5) is 0 Å². The molecular weight excluding hydrogens is 536 g/mol. The number of aromatic nitrogens is 3. The van der Waals surface area contributed by atoms with Crippen LogP contribution in [0.15, 0.2) is 41.2 Å². The summed E-state index contributed by atoms with van der Waals surface area (Å²) in [5, 5.41) is 18.7. The van der Waals surface area contributed by atoms with E-state index in [2.05, 4.69) is 20.4 Å². The van der Waals surface area contributed by atoms with Crippen LogP contribution in [0.5, 0.6) is 0 Å². The van der Waals surface area contributed by atoms with Gasteiger partial charge < -0.3 is 14.5 Å². The van der Waals surface area contributed by atoms with E-state index in [1.165, 1.54) is 11.3 Å². The first-order valence-corrected chi connectivity index (χ1v) is 13.6. The Balaban J connectivity index is 1.17. The SMILES string of the molecule is CC1(C)CN(Cc2ccc(-c3ncon3)c(Cl)c2)CCC1(O)c1ccc2c(n1)CN(C1CCC(=O)NC1=O)C2=O. The molecule has 0 aliphatic carbocycles. The smallest absolute Gasteiger partial charge is 0.256 e. The molecule has 5 heterocycles. The number of pyridine rings is 1. The Morgan fingerprint density at radius 3 is 2.67 bits per heavy atom. The number of fused-ring (bicyclic) bond motifs is 1. The van der Waals surface area contributed by atoms with Gasteiger partial charge in [-0.05, 0) is 42.7 Å². The Morgan fingerprint density at radius 1 is 1.18 bits per heavy atom. The van der Waals surface area contributed by atoms with E-state index in [4.69, 9.17) is 21.1 Å². The molecular formula is C28H29ClN6O5. The number of piperidine rings is 2. The van der Waals surface area contributed by atoms with E-state index >= 15 is 0 Å². The quantitative estimate of drug-likeness (QED) is 0.447. The summed E-state index contributed by atoms with van der Waals surface area (Å²) < 4.78 is 4.82. The van der Waals surface area contributed by atoms with Gasteiger partial charge in [0.05, 0.1) is 28.5 Å². The van der Waals surface area contributed by atoms with Gasteiger partial charge in [-0.25, -0.2) is 0 Å². The summed E-state index contributed by atoms with van der Waals surface area (Å²) in [6.07, 6.45) is 2.19. The van der Waals surface area contributed by atoms with Crippen LogP contribution in [0.3, 0.4) is 0 Å². The number of amides is 3. The summed E-state index contributed by atoms with van der Waals surface area (Å²) in [4.78, 5) is 49.6. The lowest BCUT2D eigenvalue weighted by Gasteiger charge is -2.50. The van der Waals surface area contributed by atoms with Gasteiger partial charge >= 0.3 is 0 Å². The average Bonchev–Trinajstić information content (AvgIpc) is 3.54. The maximum Gasteiger partial charge on any atom is 0.256 e. The number of carbonyl (C=O) groups is 3. The van der Waals surface area contributed by atoms with E-state index in [-0.39, 0.29) is 31.2 Å². The molecule has 3 aliphatic heterocycles. The van der Waals surface area contributed by atoms with Crippen molar-refractivity contribution in [2.75, 3.05) is 13.1 Å². The Hall–Kier alpha value is -3.67. The Labute approximate surface area is 235 Å². The minimum Gasteiger partial charge on any atom is -0.383 e. The fourth-order valence-corrected chi connectivity index (χ4v) is 6.38. The van der Waals surface area contributed by atoms with Crippen LogP contribution >= 0.6 is 11.6 Å². The lowest BCUT2D eigenvalue weighted by atomic mass is 9.68. The minimum atomic E-state index is -1.22. The number of benzene rings is 1. The number of aliphatic hydroxyl groups is 1. The molecule has 0 radical (unpaired) electrons. The number of rotatable bonds is 5. The molecule has 3 amide bonds. The number of nitrogens with one attached hydrogen (secondary N) is 1. The van der Waals surface area contributed by atoms with Crippen molar-refractivity contribution >= 4 is 29.3 Å². The maximum absolute atomic E-state index is 13.1. The molecule has 6 rings (SSSR count). The highest BCUT2D eigenvalue weighted by molar-refractivity contribution is 6.33. The fourth-order valence-electron chi connectivity index (χ4n) is 6.09. The number of carbonyl (C=O) groups excluding carboxylic acids is 3. The summed E-state index contributed by atoms with van der Waals surface area (Å²) in [6.45, 7) is 6.08. The van der Waals surface area contributed by atoms with Gasteiger partial charge in [-0.3, -0.25) is 29.6 Å². The standard InChI is InChI=1S/C28H29ClN6O5/c1-27(2)14-34(12-16-3-4-17(19(29)11-16)24-30-15-40-33-24)10-9-28(27,39)22-7-5-18-20(31-22)13-35(26(18)38)21-6-8-23(36)32-25(21)37/h3-5,7,11,15,21,39H,6,8-10,12-14H2,1-2H3,(H,32,36,37). The number of halogens is 1. The summed E-state index contributed by atoms with van der Waals surface area (Å²) in [6, 6.07) is 8.47. The van der Waals surface area contributed by atoms with Crippen molar-refractivity contribution in [3.63, 3.8) is 0 Å². The first-order chi connectivity index (χ1) is 19.1. The monoisotopic (exact) mass is 564 g/mol. The third-order valence-electron chi connectivity index (χ3n) is 8.37. The molecule has 11 nitrogen and oxygen atoms in total. The second kappa shape index (κ2) is 9.76. The van der Waals surface area contributed by atoms with Crippen LogP contribution in [0.25, 0.3) is 11.4 Å². The van der Waals surface area contributed by atoms with Gasteiger partial charge in [0, 0.05) is 37.0 Å². The van der Waals surface area contributed by atoms with Crippen molar-refractivity contribution in [2.24, 2.45) is 5.41 Å². The van der Waals surface area contributed by atoms with Gasteiger partial charge in [-0.1, -0.05) is 36.7 Å². The van der Waals surface area contributed by atoms with Crippen LogP contribution in [-0.4, -0.2) is 66.9 Å². The number of hydrogen-bond donors (Lipinski definition) is 2. The van der Waals surface area contributed by atoms with Crippen LogP contribution in [0, 0.1) is 5.41 Å². The van der Waals surface area contributed by atoms with E-state index < -0.39 is 23.0 Å². The van der Waals surface area contributed by atoms with E-state index in [9.17, 15) is 19.5 Å². The van der Waals surface area contributed by atoms with Crippen molar-refractivity contribution in [1.82, 2.24) is 30.2 Å². The molecule has 0 spiro atoms. The van der Waals surface area contributed by atoms with Crippen molar-refractivity contribution in [2.45, 2.75) is 57.8 Å². The molecule has 208 valence electrons. The predicted octanol–water partition coefficient (Wildman–Crippen LogP) is 2.67. The van der Waals surface area contributed by atoms with Crippen molar-refractivity contribution in [3.05, 3.63) is 64.3 Å². The first kappa shape index (κ1) is 26.5. The lowest BCUT2D eigenvalue weighted by Crippen LogP contribution is -2.55. The van der Waals surface area contributed by atoms with E-state index in [0.717, 1.165) is 5.56 Å². The third-order valence-corrected chi connectivity index (χ3v) is 8.68. The maximum atomic E-state index is 13.1. The second-order valence-corrected chi connectivity index (χ2v) is 11.8. The molecule has 1 aromatic carbocycles. The molecule has 3 aliphatic rings. The predicted molar refractivity (Wildman–Crippen MR) is 143 cm³/mol. The van der Waals surface area contributed by atoms with Crippen LogP contribution in [0.1, 0.15) is 60.4 Å². The molecule has 2 saturated heterocycles. The molecule has 2 atom stereocenters. The first-order valence-electron chi connectivity index (χ1n) is 13.2. The largest absolute Gasteiger partial charge is 0.383 e. The number of likely N-dealkylation sites (tertiary alicyclic amines) is 1. The summed E-state index contributed by atoms with van der Waals surface area (Å²) >= 11 is 6.50. The van der Waals surface area contributed by atoms with Crippen LogP contribution in [0.2, 0.25) is 5.02 Å². The molecule has 2 aromatic heterocycles. The molecule has 40 heavy (non-hydrogen) atoms. The number of imide groups is 1. The van der Waals surface area contributed by atoms with Gasteiger partial charge in [0.2, 0.25) is 24.0 Å². The van der Waals surface area contributed by atoms with Gasteiger partial charge in [-0.2, -0.15) is 4.98 Å². The molecule has 3 aromatic rings. The summed E-state index contributed by atoms with van der Waals surface area (Å²) in [5.74, 6) is -0.640. The molecule has 2 fully saturated rings. The van der Waals surface area contributed by atoms with Gasteiger partial charge in [0.1, 0.15) is 11.6 Å². The molecule has 2 N–H and O–H groups in total.